The van der Waals surface area contributed by atoms with Crippen LogP contribution in [0.5, 0.6) is 0 Å². The van der Waals surface area contributed by atoms with Crippen molar-refractivity contribution < 1.29 is 29.0 Å². The molecule has 1 fully saturated rings. The van der Waals surface area contributed by atoms with Crippen molar-refractivity contribution >= 4 is 18.0 Å². The molecule has 0 aromatic heterocycles. The molecule has 1 aliphatic heterocycles. The largest absolute Gasteiger partial charge is 0.481 e. The molecule has 8 heteroatoms. The summed E-state index contributed by atoms with van der Waals surface area (Å²) in [6, 6.07) is 15.8. The molecule has 1 saturated heterocycles. The molecule has 2 aliphatic rings. The second kappa shape index (κ2) is 10.9. The van der Waals surface area contributed by atoms with Gasteiger partial charge in [0.25, 0.3) is 0 Å². The molecule has 2 amide bonds. The van der Waals surface area contributed by atoms with Gasteiger partial charge in [-0.2, -0.15) is 0 Å². The Balaban J connectivity index is 1.38. The monoisotopic (exact) mass is 480 g/mol. The Morgan fingerprint density at radius 1 is 1.06 bits per heavy atom. The number of hydrogen-bond donors (Lipinski definition) is 3. The van der Waals surface area contributed by atoms with Gasteiger partial charge >= 0.3 is 12.1 Å². The van der Waals surface area contributed by atoms with Crippen LogP contribution in [-0.2, 0) is 19.1 Å². The summed E-state index contributed by atoms with van der Waals surface area (Å²) in [6.45, 7) is 2.92. The van der Waals surface area contributed by atoms with E-state index in [1.807, 2.05) is 31.2 Å². The van der Waals surface area contributed by atoms with E-state index in [0.717, 1.165) is 22.3 Å². The molecule has 1 atom stereocenters. The fraction of sp³-hybridized carbons (Fsp3) is 0.444. The van der Waals surface area contributed by atoms with Gasteiger partial charge in [0.1, 0.15) is 6.61 Å². The van der Waals surface area contributed by atoms with Crippen LogP contribution in [0.25, 0.3) is 11.1 Å². The zero-order valence-electron chi connectivity index (χ0n) is 19.9. The van der Waals surface area contributed by atoms with Crippen LogP contribution in [0, 0.1) is 5.41 Å². The van der Waals surface area contributed by atoms with Crippen molar-refractivity contribution in [1.29, 1.82) is 0 Å². The van der Waals surface area contributed by atoms with Gasteiger partial charge in [-0.05, 0) is 41.5 Å². The number of ether oxygens (including phenoxy) is 2. The molecular formula is C27H32N2O6. The Hall–Kier alpha value is -3.39. The number of hydrogen-bond acceptors (Lipinski definition) is 5. The van der Waals surface area contributed by atoms with Crippen molar-refractivity contribution in [3.05, 3.63) is 59.7 Å². The summed E-state index contributed by atoms with van der Waals surface area (Å²) in [6.07, 6.45) is 0.653. The summed E-state index contributed by atoms with van der Waals surface area (Å²) >= 11 is 0. The lowest BCUT2D eigenvalue weighted by Gasteiger charge is -2.36. The van der Waals surface area contributed by atoms with Crippen molar-refractivity contribution in [3.63, 3.8) is 0 Å². The van der Waals surface area contributed by atoms with Crippen molar-refractivity contribution in [3.8, 4) is 11.1 Å². The number of alkyl carbamates (subject to hydrolysis) is 1. The Labute approximate surface area is 205 Å². The zero-order valence-corrected chi connectivity index (χ0v) is 19.9. The van der Waals surface area contributed by atoms with Gasteiger partial charge in [0.15, 0.2) is 0 Å². The van der Waals surface area contributed by atoms with E-state index in [0.29, 0.717) is 32.5 Å². The van der Waals surface area contributed by atoms with E-state index in [4.69, 9.17) is 14.6 Å². The molecule has 0 unspecified atom stereocenters. The first-order chi connectivity index (χ1) is 16.9. The van der Waals surface area contributed by atoms with E-state index in [2.05, 4.69) is 34.9 Å². The fourth-order valence-electron chi connectivity index (χ4n) is 4.98. The molecule has 0 radical (unpaired) electrons. The van der Waals surface area contributed by atoms with Crippen molar-refractivity contribution in [2.75, 3.05) is 26.4 Å². The maximum Gasteiger partial charge on any atom is 0.407 e. The normalized spacial score (nSPS) is 17.1. The minimum atomic E-state index is -0.963. The highest BCUT2D eigenvalue weighted by Crippen LogP contribution is 2.44. The lowest BCUT2D eigenvalue weighted by molar-refractivity contribution is -0.139. The van der Waals surface area contributed by atoms with Gasteiger partial charge in [-0.15, -0.1) is 0 Å². The molecule has 35 heavy (non-hydrogen) atoms. The predicted molar refractivity (Wildman–Crippen MR) is 130 cm³/mol. The highest BCUT2D eigenvalue weighted by molar-refractivity contribution is 5.84. The highest BCUT2D eigenvalue weighted by atomic mass is 16.5. The Kier molecular flexibility index (Phi) is 7.70. The van der Waals surface area contributed by atoms with E-state index in [1.54, 1.807) is 0 Å². The first kappa shape index (κ1) is 24.7. The number of aliphatic carboxylic acids is 1. The van der Waals surface area contributed by atoms with E-state index in [9.17, 15) is 14.4 Å². The average molecular weight is 481 g/mol. The average Bonchev–Trinajstić information content (AvgIpc) is 3.19. The quantitative estimate of drug-likeness (QED) is 0.504. The number of carbonyl (C=O) groups is 3. The van der Waals surface area contributed by atoms with E-state index >= 15 is 0 Å². The summed E-state index contributed by atoms with van der Waals surface area (Å²) in [4.78, 5) is 37.0. The smallest absolute Gasteiger partial charge is 0.407 e. The summed E-state index contributed by atoms with van der Waals surface area (Å²) in [5.74, 6) is -1.27. The van der Waals surface area contributed by atoms with Crippen LogP contribution in [0.1, 0.15) is 49.7 Å². The third-order valence-corrected chi connectivity index (χ3v) is 7.10. The van der Waals surface area contributed by atoms with Gasteiger partial charge in [0.2, 0.25) is 5.91 Å². The molecule has 8 nitrogen and oxygen atoms in total. The molecule has 0 bridgehead atoms. The minimum Gasteiger partial charge on any atom is -0.481 e. The third kappa shape index (κ3) is 5.48. The van der Waals surface area contributed by atoms with Gasteiger partial charge in [0.05, 0.1) is 11.8 Å². The van der Waals surface area contributed by atoms with Crippen molar-refractivity contribution in [1.82, 2.24) is 10.6 Å². The number of nitrogens with one attached hydrogen (secondary N) is 2. The second-order valence-corrected chi connectivity index (χ2v) is 9.25. The van der Waals surface area contributed by atoms with Gasteiger partial charge in [0, 0.05) is 31.7 Å². The topological polar surface area (TPSA) is 114 Å². The Morgan fingerprint density at radius 2 is 1.66 bits per heavy atom. The minimum absolute atomic E-state index is 0.0465. The van der Waals surface area contributed by atoms with Crippen LogP contribution in [0.15, 0.2) is 48.5 Å². The number of carboxylic acids is 1. The third-order valence-electron chi connectivity index (χ3n) is 7.10. The first-order valence-corrected chi connectivity index (χ1v) is 12.1. The Bertz CT molecular complexity index is 1030. The fourth-order valence-corrected chi connectivity index (χ4v) is 4.98. The standard InChI is InChI=1S/C27H32N2O6/c1-2-18(15-24(30)31)29-25(32)27(11-13-34-14-12-27)17-28-26(33)35-16-23-21-9-5-3-7-19(21)20-8-4-6-10-22(20)23/h3-10,18,23H,2,11-17H2,1H3,(H,28,33)(H,29,32)(H,30,31)/t18-/m1/s1. The van der Waals surface area contributed by atoms with Crippen LogP contribution in [0.3, 0.4) is 0 Å². The maximum atomic E-state index is 13.2. The van der Waals surface area contributed by atoms with E-state index in [1.165, 1.54) is 0 Å². The first-order valence-electron chi connectivity index (χ1n) is 12.1. The number of carbonyl (C=O) groups excluding carboxylic acids is 2. The molecule has 2 aromatic carbocycles. The Morgan fingerprint density at radius 3 is 2.23 bits per heavy atom. The molecule has 3 N–H and O–H groups in total. The van der Waals surface area contributed by atoms with Gasteiger partial charge in [-0.1, -0.05) is 55.5 Å². The molecule has 1 heterocycles. The molecule has 186 valence electrons. The van der Waals surface area contributed by atoms with E-state index in [-0.39, 0.29) is 31.4 Å². The number of carboxylic acid groups (broad SMARTS) is 1. The van der Waals surface area contributed by atoms with Crippen LogP contribution in [-0.4, -0.2) is 55.5 Å². The summed E-state index contributed by atoms with van der Waals surface area (Å²) in [7, 11) is 0. The molecule has 2 aromatic rings. The maximum absolute atomic E-state index is 13.2. The second-order valence-electron chi connectivity index (χ2n) is 9.25. The van der Waals surface area contributed by atoms with Crippen LogP contribution in [0.2, 0.25) is 0 Å². The predicted octanol–water partition coefficient (Wildman–Crippen LogP) is 3.69. The van der Waals surface area contributed by atoms with Crippen LogP contribution < -0.4 is 10.6 Å². The number of amides is 2. The molecule has 0 spiro atoms. The lowest BCUT2D eigenvalue weighted by atomic mass is 9.78. The van der Waals surface area contributed by atoms with Crippen LogP contribution in [0.4, 0.5) is 4.79 Å². The molecular weight excluding hydrogens is 448 g/mol. The number of benzene rings is 2. The molecule has 4 rings (SSSR count). The SMILES string of the molecule is CC[C@H](CC(=O)O)NC(=O)C1(CNC(=O)OCC2c3ccccc3-c3ccccc32)CCOCC1. The zero-order chi connectivity index (χ0) is 24.8. The highest BCUT2D eigenvalue weighted by Gasteiger charge is 2.41. The van der Waals surface area contributed by atoms with Gasteiger partial charge in [-0.25, -0.2) is 4.79 Å². The van der Waals surface area contributed by atoms with Crippen molar-refractivity contribution in [2.24, 2.45) is 5.41 Å². The summed E-state index contributed by atoms with van der Waals surface area (Å²) < 4.78 is 11.1. The molecule has 1 aliphatic carbocycles. The summed E-state index contributed by atoms with van der Waals surface area (Å²) in [5, 5.41) is 14.8. The summed E-state index contributed by atoms with van der Waals surface area (Å²) in [5.41, 5.74) is 3.70. The van der Waals surface area contributed by atoms with Gasteiger partial charge < -0.3 is 25.2 Å². The number of fused-ring (bicyclic) bond motifs is 3. The molecule has 0 saturated carbocycles. The lowest BCUT2D eigenvalue weighted by Crippen LogP contribution is -2.53. The number of rotatable bonds is 9. The van der Waals surface area contributed by atoms with Crippen molar-refractivity contribution in [2.45, 2.75) is 44.6 Å². The van der Waals surface area contributed by atoms with Crippen LogP contribution >= 0.6 is 0 Å². The van der Waals surface area contributed by atoms with E-state index < -0.39 is 23.5 Å². The van der Waals surface area contributed by atoms with Gasteiger partial charge in [-0.3, -0.25) is 9.59 Å².